The van der Waals surface area contributed by atoms with E-state index in [2.05, 4.69) is 13.8 Å². The van der Waals surface area contributed by atoms with E-state index in [9.17, 15) is 4.79 Å². The van der Waals surface area contributed by atoms with Crippen LogP contribution in [0.1, 0.15) is 37.3 Å². The van der Waals surface area contributed by atoms with Gasteiger partial charge in [0, 0.05) is 6.42 Å². The topological polar surface area (TPSA) is 46.5 Å². The Bertz CT molecular complexity index is 369. The molecule has 0 aliphatic rings. The fourth-order valence-electron chi connectivity index (χ4n) is 1.71. The van der Waals surface area contributed by atoms with E-state index >= 15 is 0 Å². The quantitative estimate of drug-likeness (QED) is 0.833. The van der Waals surface area contributed by atoms with Gasteiger partial charge in [-0.15, -0.1) is 0 Å². The van der Waals surface area contributed by atoms with Gasteiger partial charge in [-0.25, -0.2) is 0 Å². The molecule has 0 heterocycles. The van der Waals surface area contributed by atoms with E-state index in [1.807, 2.05) is 18.2 Å². The molecule has 16 heavy (non-hydrogen) atoms. The Kier molecular flexibility index (Phi) is 4.35. The summed E-state index contributed by atoms with van der Waals surface area (Å²) >= 11 is 0. The first-order valence-corrected chi connectivity index (χ1v) is 5.43. The molecule has 1 rings (SSSR count). The van der Waals surface area contributed by atoms with E-state index < -0.39 is 5.97 Å². The smallest absolute Gasteiger partial charge is 0.303 e. The van der Waals surface area contributed by atoms with Crippen molar-refractivity contribution < 1.29 is 14.6 Å². The average molecular weight is 222 g/mol. The second kappa shape index (κ2) is 5.54. The molecule has 3 heteroatoms. The number of rotatable bonds is 5. The average Bonchev–Trinajstić information content (AvgIpc) is 2.25. The molecule has 0 bridgehead atoms. The molecule has 0 saturated heterocycles. The number of carbonyl (C=O) groups is 1. The molecule has 0 unspecified atom stereocenters. The molecule has 0 aliphatic carbocycles. The largest absolute Gasteiger partial charge is 0.497 e. The lowest BCUT2D eigenvalue weighted by atomic mass is 9.94. The number of aliphatic carboxylic acids is 1. The van der Waals surface area contributed by atoms with Crippen LogP contribution in [0.3, 0.4) is 0 Å². The van der Waals surface area contributed by atoms with Gasteiger partial charge in [0.1, 0.15) is 5.75 Å². The predicted molar refractivity (Wildman–Crippen MR) is 63.0 cm³/mol. The highest BCUT2D eigenvalue weighted by atomic mass is 16.5. The van der Waals surface area contributed by atoms with Gasteiger partial charge in [-0.05, 0) is 35.6 Å². The molecule has 0 saturated carbocycles. The second-order valence-corrected chi connectivity index (χ2v) is 4.11. The van der Waals surface area contributed by atoms with E-state index in [0.717, 1.165) is 11.3 Å². The highest BCUT2D eigenvalue weighted by molar-refractivity contribution is 5.67. The van der Waals surface area contributed by atoms with E-state index in [0.29, 0.717) is 12.3 Å². The molecule has 0 spiro atoms. The Morgan fingerprint density at radius 1 is 1.44 bits per heavy atom. The van der Waals surface area contributed by atoms with Crippen molar-refractivity contribution in [2.75, 3.05) is 7.11 Å². The number of carboxylic acid groups (broad SMARTS) is 1. The van der Waals surface area contributed by atoms with Gasteiger partial charge in [-0.1, -0.05) is 19.9 Å². The summed E-state index contributed by atoms with van der Waals surface area (Å²) in [6, 6.07) is 5.82. The van der Waals surface area contributed by atoms with Crippen LogP contribution in [-0.2, 0) is 11.2 Å². The van der Waals surface area contributed by atoms with Gasteiger partial charge in [0.2, 0.25) is 0 Å². The summed E-state index contributed by atoms with van der Waals surface area (Å²) in [6.07, 6.45) is 0.749. The Hall–Kier alpha value is -1.51. The van der Waals surface area contributed by atoms with Crippen molar-refractivity contribution in [3.05, 3.63) is 29.3 Å². The number of carboxylic acids is 1. The van der Waals surface area contributed by atoms with E-state index in [-0.39, 0.29) is 6.42 Å². The van der Waals surface area contributed by atoms with Crippen LogP contribution >= 0.6 is 0 Å². The summed E-state index contributed by atoms with van der Waals surface area (Å²) in [4.78, 5) is 10.6. The van der Waals surface area contributed by atoms with E-state index in [1.54, 1.807) is 7.11 Å². The third-order valence-corrected chi connectivity index (χ3v) is 2.58. The molecule has 0 amide bonds. The van der Waals surface area contributed by atoms with Crippen LogP contribution in [0.25, 0.3) is 0 Å². The predicted octanol–water partition coefficient (Wildman–Crippen LogP) is 2.84. The van der Waals surface area contributed by atoms with Gasteiger partial charge in [0.15, 0.2) is 0 Å². The Morgan fingerprint density at radius 3 is 2.62 bits per heavy atom. The van der Waals surface area contributed by atoms with Crippen molar-refractivity contribution in [1.82, 2.24) is 0 Å². The minimum Gasteiger partial charge on any atom is -0.497 e. The van der Waals surface area contributed by atoms with Crippen LogP contribution in [0.4, 0.5) is 0 Å². The number of benzene rings is 1. The highest BCUT2D eigenvalue weighted by Crippen LogP contribution is 2.25. The van der Waals surface area contributed by atoms with Crippen molar-refractivity contribution in [2.45, 2.75) is 32.6 Å². The Morgan fingerprint density at radius 2 is 2.12 bits per heavy atom. The number of ether oxygens (including phenoxy) is 1. The lowest BCUT2D eigenvalue weighted by Gasteiger charge is -2.13. The van der Waals surface area contributed by atoms with Gasteiger partial charge in [0.05, 0.1) is 7.11 Å². The molecule has 3 nitrogen and oxygen atoms in total. The zero-order valence-corrected chi connectivity index (χ0v) is 9.99. The zero-order chi connectivity index (χ0) is 12.1. The maximum atomic E-state index is 10.6. The van der Waals surface area contributed by atoms with Gasteiger partial charge >= 0.3 is 5.97 Å². The summed E-state index contributed by atoms with van der Waals surface area (Å²) < 4.78 is 5.17. The first-order chi connectivity index (χ1) is 7.54. The molecule has 0 atom stereocenters. The van der Waals surface area contributed by atoms with Gasteiger partial charge < -0.3 is 9.84 Å². The van der Waals surface area contributed by atoms with Crippen LogP contribution in [0.15, 0.2) is 18.2 Å². The monoisotopic (exact) mass is 222 g/mol. The summed E-state index contributed by atoms with van der Waals surface area (Å²) in [6.45, 7) is 4.19. The van der Waals surface area contributed by atoms with Gasteiger partial charge in [-0.2, -0.15) is 0 Å². The maximum Gasteiger partial charge on any atom is 0.303 e. The van der Waals surface area contributed by atoms with Crippen LogP contribution in [0, 0.1) is 0 Å². The van der Waals surface area contributed by atoms with Gasteiger partial charge in [0.25, 0.3) is 0 Å². The molecule has 1 aromatic rings. The fourth-order valence-corrected chi connectivity index (χ4v) is 1.71. The van der Waals surface area contributed by atoms with Crippen LogP contribution < -0.4 is 4.74 Å². The van der Waals surface area contributed by atoms with E-state index in [4.69, 9.17) is 9.84 Å². The first-order valence-electron chi connectivity index (χ1n) is 5.43. The molecular formula is C13H18O3. The molecule has 1 aromatic carbocycles. The second-order valence-electron chi connectivity index (χ2n) is 4.11. The van der Waals surface area contributed by atoms with Crippen molar-refractivity contribution in [2.24, 2.45) is 0 Å². The lowest BCUT2D eigenvalue weighted by molar-refractivity contribution is -0.136. The third-order valence-electron chi connectivity index (χ3n) is 2.58. The number of hydrogen-bond acceptors (Lipinski definition) is 2. The first kappa shape index (κ1) is 12.6. The highest BCUT2D eigenvalue weighted by Gasteiger charge is 2.09. The molecule has 0 radical (unpaired) electrons. The van der Waals surface area contributed by atoms with Crippen LogP contribution in [0.2, 0.25) is 0 Å². The zero-order valence-electron chi connectivity index (χ0n) is 9.99. The molecule has 1 N–H and O–H groups in total. The minimum atomic E-state index is -0.759. The number of hydrogen-bond donors (Lipinski definition) is 1. The van der Waals surface area contributed by atoms with Crippen molar-refractivity contribution in [3.63, 3.8) is 0 Å². The molecule has 0 aromatic heterocycles. The van der Waals surface area contributed by atoms with E-state index in [1.165, 1.54) is 5.56 Å². The van der Waals surface area contributed by atoms with Crippen molar-refractivity contribution >= 4 is 5.97 Å². The van der Waals surface area contributed by atoms with Crippen LogP contribution in [-0.4, -0.2) is 18.2 Å². The molecule has 88 valence electrons. The summed E-state index contributed by atoms with van der Waals surface area (Å²) in [5.41, 5.74) is 2.26. The SMILES string of the molecule is COc1ccc(CCC(=O)O)c(C(C)C)c1. The third kappa shape index (κ3) is 3.26. The summed E-state index contributed by atoms with van der Waals surface area (Å²) in [5, 5.41) is 8.68. The summed E-state index contributed by atoms with van der Waals surface area (Å²) in [5.74, 6) is 0.437. The van der Waals surface area contributed by atoms with Crippen LogP contribution in [0.5, 0.6) is 5.75 Å². The van der Waals surface area contributed by atoms with Crippen molar-refractivity contribution in [3.8, 4) is 5.75 Å². The molecular weight excluding hydrogens is 204 g/mol. The minimum absolute atomic E-state index is 0.173. The van der Waals surface area contributed by atoms with Crippen molar-refractivity contribution in [1.29, 1.82) is 0 Å². The molecule has 0 aliphatic heterocycles. The summed E-state index contributed by atoms with van der Waals surface area (Å²) in [7, 11) is 1.64. The Labute approximate surface area is 96.1 Å². The number of aryl methyl sites for hydroxylation is 1. The van der Waals surface area contributed by atoms with Gasteiger partial charge in [-0.3, -0.25) is 4.79 Å². The normalized spacial score (nSPS) is 10.5. The Balaban J connectivity index is 2.93. The lowest BCUT2D eigenvalue weighted by Crippen LogP contribution is -2.02. The molecule has 0 fully saturated rings. The number of methoxy groups -OCH3 is 1. The standard InChI is InChI=1S/C13H18O3/c1-9(2)12-8-11(16-3)6-4-10(12)5-7-13(14)15/h4,6,8-9H,5,7H2,1-3H3,(H,14,15). The maximum absolute atomic E-state index is 10.6. The fraction of sp³-hybridized carbons (Fsp3) is 0.462.